The summed E-state index contributed by atoms with van der Waals surface area (Å²) in [6.07, 6.45) is 3.15. The third-order valence-electron chi connectivity index (χ3n) is 2.43. The van der Waals surface area contributed by atoms with Gasteiger partial charge in [-0.1, -0.05) is 25.1 Å². The first-order chi connectivity index (χ1) is 8.97. The molecule has 0 N–H and O–H groups in total. The van der Waals surface area contributed by atoms with Gasteiger partial charge in [-0.2, -0.15) is 11.6 Å². The van der Waals surface area contributed by atoms with Crippen molar-refractivity contribution in [1.82, 2.24) is 4.98 Å². The zero-order chi connectivity index (χ0) is 13.9. The zero-order valence-corrected chi connectivity index (χ0v) is 12.5. The Morgan fingerprint density at radius 3 is 2.50 bits per heavy atom. The maximum atomic E-state index is 12.1. The smallest absolute Gasteiger partial charge is 0.450 e. The molecule has 20 heavy (non-hydrogen) atoms. The molecule has 0 aliphatic rings. The molecule has 0 radical (unpaired) electrons. The van der Waals surface area contributed by atoms with Crippen LogP contribution in [0.5, 0.6) is 0 Å². The van der Waals surface area contributed by atoms with Crippen LogP contribution in [0.15, 0.2) is 51.5 Å². The second kappa shape index (κ2) is 6.85. The van der Waals surface area contributed by atoms with Gasteiger partial charge in [0.25, 0.3) is 0 Å². The topological polar surface area (TPSA) is 60.2 Å². The zero-order valence-electron chi connectivity index (χ0n) is 11.7. The van der Waals surface area contributed by atoms with E-state index in [2.05, 4.69) is 4.98 Å². The summed E-state index contributed by atoms with van der Waals surface area (Å²) in [6.45, 7) is 3.45. The predicted molar refractivity (Wildman–Crippen MR) is 72.8 cm³/mol. The quantitative estimate of drug-likeness (QED) is 0.586. The average Bonchev–Trinajstić information content (AvgIpc) is 2.75. The van der Waals surface area contributed by atoms with Gasteiger partial charge in [-0.3, -0.25) is 0 Å². The molecule has 6 heteroatoms. The first-order valence-electron chi connectivity index (χ1n) is 5.73. The average molecular weight is 283 g/mol. The molecule has 0 bridgehead atoms. The first-order valence-corrected chi connectivity index (χ1v) is 7.27. The summed E-state index contributed by atoms with van der Waals surface area (Å²) in [4.78, 5) is 4.37. The van der Waals surface area contributed by atoms with Gasteiger partial charge < -0.3 is 4.42 Å². The molecule has 0 amide bonds. The van der Waals surface area contributed by atoms with Crippen LogP contribution in [0.1, 0.15) is 18.5 Å². The van der Waals surface area contributed by atoms with Crippen molar-refractivity contribution < 1.29 is 31.7 Å². The van der Waals surface area contributed by atoms with Gasteiger partial charge in [-0.15, -0.1) is 5.75 Å². The number of hydrogen-bond donors (Lipinski definition) is 0. The molecule has 0 saturated carbocycles. The van der Waals surface area contributed by atoms with Crippen LogP contribution >= 0.6 is 0 Å². The Kier molecular flexibility index (Phi) is 5.70. The summed E-state index contributed by atoms with van der Waals surface area (Å²) < 4.78 is 29.3. The van der Waals surface area contributed by atoms with E-state index in [1.54, 1.807) is 50.3 Å². The molecule has 0 saturated heterocycles. The van der Waals surface area contributed by atoms with Crippen LogP contribution in [-0.4, -0.2) is 13.4 Å². The van der Waals surface area contributed by atoms with Gasteiger partial charge >= 0.3 is 18.9 Å². The van der Waals surface area contributed by atoms with E-state index in [0.29, 0.717) is 17.2 Å². The fourth-order valence-corrected chi connectivity index (χ4v) is 2.87. The Morgan fingerprint density at radius 1 is 1.30 bits per heavy atom. The van der Waals surface area contributed by atoms with Crippen LogP contribution in [0.25, 0.3) is 6.08 Å². The SMILES string of the molecule is C/C(=C\c1coc(C)n1)[CH-]S(=O)(=O)c1ccccc1.[Li+]. The minimum absolute atomic E-state index is 0. The molecular formula is C14H14LiNO3S. The second-order valence-electron chi connectivity index (χ2n) is 4.16. The van der Waals surface area contributed by atoms with E-state index in [-0.39, 0.29) is 23.8 Å². The predicted octanol–water partition coefficient (Wildman–Crippen LogP) is 0.0260. The van der Waals surface area contributed by atoms with E-state index in [1.807, 2.05) is 0 Å². The molecule has 0 spiro atoms. The van der Waals surface area contributed by atoms with Crippen molar-refractivity contribution >= 4 is 15.9 Å². The molecule has 0 fully saturated rings. The van der Waals surface area contributed by atoms with Gasteiger partial charge in [-0.05, 0) is 12.1 Å². The number of aryl methyl sites for hydroxylation is 1. The van der Waals surface area contributed by atoms with Gasteiger partial charge in [0, 0.05) is 12.6 Å². The minimum Gasteiger partial charge on any atom is -0.450 e. The van der Waals surface area contributed by atoms with Gasteiger partial charge in [0.05, 0.1) is 4.90 Å². The molecule has 0 aliphatic carbocycles. The van der Waals surface area contributed by atoms with Crippen molar-refractivity contribution in [2.24, 2.45) is 0 Å². The fraction of sp³-hybridized carbons (Fsp3) is 0.143. The second-order valence-corrected chi connectivity index (χ2v) is 5.95. The van der Waals surface area contributed by atoms with Crippen molar-refractivity contribution in [2.45, 2.75) is 18.7 Å². The number of aromatic nitrogens is 1. The number of rotatable bonds is 4. The van der Waals surface area contributed by atoms with Gasteiger partial charge in [0.15, 0.2) is 5.89 Å². The maximum absolute atomic E-state index is 12.1. The Labute approximate surface area is 131 Å². The number of benzene rings is 1. The van der Waals surface area contributed by atoms with E-state index < -0.39 is 9.84 Å². The largest absolute Gasteiger partial charge is 1.00 e. The third-order valence-corrected chi connectivity index (χ3v) is 4.04. The van der Waals surface area contributed by atoms with Crippen molar-refractivity contribution in [2.75, 3.05) is 0 Å². The van der Waals surface area contributed by atoms with Crippen LogP contribution in [0, 0.1) is 12.7 Å². The Morgan fingerprint density at radius 2 is 1.95 bits per heavy atom. The van der Waals surface area contributed by atoms with Crippen molar-refractivity contribution in [3.63, 3.8) is 0 Å². The molecule has 0 unspecified atom stereocenters. The summed E-state index contributed by atoms with van der Waals surface area (Å²) in [7, 11) is -3.42. The molecule has 4 nitrogen and oxygen atoms in total. The van der Waals surface area contributed by atoms with E-state index in [4.69, 9.17) is 4.42 Å². The monoisotopic (exact) mass is 283 g/mol. The van der Waals surface area contributed by atoms with Crippen LogP contribution in [-0.2, 0) is 9.84 Å². The molecule has 2 rings (SSSR count). The molecule has 100 valence electrons. The molecule has 0 aliphatic heterocycles. The molecule has 2 aromatic rings. The third kappa shape index (κ3) is 4.31. The van der Waals surface area contributed by atoms with Crippen molar-refractivity contribution in [1.29, 1.82) is 0 Å². The normalized spacial score (nSPS) is 11.8. The van der Waals surface area contributed by atoms with E-state index >= 15 is 0 Å². The Hall–Kier alpha value is -1.41. The number of nitrogens with zero attached hydrogens (tertiary/aromatic N) is 1. The van der Waals surface area contributed by atoms with E-state index in [9.17, 15) is 8.42 Å². The summed E-state index contributed by atoms with van der Waals surface area (Å²) in [5.74, 6) is 1.77. The summed E-state index contributed by atoms with van der Waals surface area (Å²) in [6, 6.07) is 8.31. The summed E-state index contributed by atoms with van der Waals surface area (Å²) in [5.41, 5.74) is 1.20. The Balaban J connectivity index is 0.00000200. The molecule has 0 atom stereocenters. The van der Waals surface area contributed by atoms with Gasteiger partial charge in [-0.25, -0.2) is 13.4 Å². The van der Waals surface area contributed by atoms with Gasteiger partial charge in [0.1, 0.15) is 16.1 Å². The van der Waals surface area contributed by atoms with Crippen LogP contribution in [0.2, 0.25) is 0 Å². The number of hydrogen-bond acceptors (Lipinski definition) is 4. The molecule has 1 aromatic carbocycles. The van der Waals surface area contributed by atoms with Crippen LogP contribution < -0.4 is 18.9 Å². The molecule has 1 heterocycles. The van der Waals surface area contributed by atoms with E-state index in [0.717, 1.165) is 0 Å². The summed E-state index contributed by atoms with van der Waals surface area (Å²) in [5, 5.41) is 0. The van der Waals surface area contributed by atoms with E-state index in [1.165, 1.54) is 12.0 Å². The maximum Gasteiger partial charge on any atom is 1.00 e. The number of sulfone groups is 1. The van der Waals surface area contributed by atoms with Crippen LogP contribution in [0.4, 0.5) is 0 Å². The fourth-order valence-electron chi connectivity index (χ4n) is 1.64. The first kappa shape index (κ1) is 16.6. The number of oxazole rings is 1. The van der Waals surface area contributed by atoms with Gasteiger partial charge in [0.2, 0.25) is 0 Å². The standard InChI is InChI=1S/C14H14NO3S.Li/c1-11(8-13-9-18-12(2)15-13)10-19(16,17)14-6-4-3-5-7-14;/h3-10H,1-2H3;/q-1;+1/b11-8+;. The van der Waals surface area contributed by atoms with Crippen molar-refractivity contribution in [3.05, 3.63) is 59.5 Å². The van der Waals surface area contributed by atoms with Crippen molar-refractivity contribution in [3.8, 4) is 0 Å². The summed E-state index contributed by atoms with van der Waals surface area (Å²) >= 11 is 0. The van der Waals surface area contributed by atoms with Crippen LogP contribution in [0.3, 0.4) is 0 Å². The Bertz CT molecular complexity index is 690. The molecular weight excluding hydrogens is 269 g/mol. The molecule has 1 aromatic heterocycles. The minimum atomic E-state index is -3.42.